The summed E-state index contributed by atoms with van der Waals surface area (Å²) in [5, 5.41) is 6.22. The average Bonchev–Trinajstić information content (AvgIpc) is 2.97. The lowest BCUT2D eigenvalue weighted by molar-refractivity contribution is -0.144. The van der Waals surface area contributed by atoms with Gasteiger partial charge in [-0.05, 0) is 19.1 Å². The highest BCUT2D eigenvalue weighted by Crippen LogP contribution is 2.27. The Kier molecular flexibility index (Phi) is 4.62. The van der Waals surface area contributed by atoms with Gasteiger partial charge in [-0.15, -0.1) is 5.10 Å². The van der Waals surface area contributed by atoms with E-state index in [4.69, 9.17) is 4.74 Å². The smallest absolute Gasteiger partial charge is 0.453 e. The fourth-order valence-corrected chi connectivity index (χ4v) is 2.17. The zero-order valence-corrected chi connectivity index (χ0v) is 13.3. The quantitative estimate of drug-likeness (QED) is 0.550. The van der Waals surface area contributed by atoms with Crippen LogP contribution in [0.3, 0.4) is 0 Å². The van der Waals surface area contributed by atoms with Crippen molar-refractivity contribution in [3.8, 4) is 5.75 Å². The zero-order valence-electron chi connectivity index (χ0n) is 13.3. The van der Waals surface area contributed by atoms with Crippen LogP contribution in [0.15, 0.2) is 24.3 Å². The molecule has 3 rings (SSSR count). The minimum Gasteiger partial charge on any atom is -0.489 e. The summed E-state index contributed by atoms with van der Waals surface area (Å²) in [6, 6.07) is 4.37. The van der Waals surface area contributed by atoms with Crippen molar-refractivity contribution in [1.82, 2.24) is 19.6 Å². The molecule has 6 nitrogen and oxygen atoms in total. The number of nitrogens with one attached hydrogen (secondary N) is 1. The van der Waals surface area contributed by atoms with Crippen LogP contribution >= 0.6 is 0 Å². The lowest BCUT2D eigenvalue weighted by Crippen LogP contribution is -2.15. The van der Waals surface area contributed by atoms with E-state index >= 15 is 0 Å². The molecule has 138 valence electrons. The predicted octanol–water partition coefficient (Wildman–Crippen LogP) is 3.22. The molecule has 2 heterocycles. The van der Waals surface area contributed by atoms with E-state index in [1.54, 1.807) is 6.92 Å². The molecule has 0 saturated heterocycles. The molecule has 2 aromatic heterocycles. The number of nitrogens with zero attached hydrogens (tertiary/aromatic N) is 4. The van der Waals surface area contributed by atoms with Gasteiger partial charge in [0.1, 0.15) is 18.2 Å². The molecule has 0 unspecified atom stereocenters. The Labute approximate surface area is 143 Å². The maximum absolute atomic E-state index is 13.5. The molecule has 1 aromatic carbocycles. The van der Waals surface area contributed by atoms with E-state index in [9.17, 15) is 22.0 Å². The van der Waals surface area contributed by atoms with E-state index < -0.39 is 23.6 Å². The third-order valence-electron chi connectivity index (χ3n) is 3.25. The van der Waals surface area contributed by atoms with Crippen LogP contribution in [0.5, 0.6) is 5.75 Å². The Morgan fingerprint density at radius 3 is 2.62 bits per heavy atom. The summed E-state index contributed by atoms with van der Waals surface area (Å²) in [6.45, 7) is 1.69. The van der Waals surface area contributed by atoms with Crippen LogP contribution in [-0.2, 0) is 6.18 Å². The van der Waals surface area contributed by atoms with Crippen LogP contribution in [-0.4, -0.2) is 32.7 Å². The molecular weight excluding hydrogens is 361 g/mol. The van der Waals surface area contributed by atoms with Gasteiger partial charge in [0.25, 0.3) is 11.6 Å². The standard InChI is InChI=1S/C15H12F5N5O/c1-8-6-12(25-14(22-8)23-13(24-25)15(18,19)20)21-4-5-26-11-3-2-9(16)7-10(11)17/h2-3,6-7,21H,4-5H2,1H3. The van der Waals surface area contributed by atoms with Crippen LogP contribution < -0.4 is 10.1 Å². The van der Waals surface area contributed by atoms with E-state index in [-0.39, 0.29) is 30.5 Å². The fraction of sp³-hybridized carbons (Fsp3) is 0.267. The van der Waals surface area contributed by atoms with Crippen molar-refractivity contribution < 1.29 is 26.7 Å². The number of benzene rings is 1. The molecule has 26 heavy (non-hydrogen) atoms. The van der Waals surface area contributed by atoms with E-state index in [1.165, 1.54) is 6.07 Å². The van der Waals surface area contributed by atoms with Crippen molar-refractivity contribution in [3.05, 3.63) is 47.4 Å². The van der Waals surface area contributed by atoms with Gasteiger partial charge in [0, 0.05) is 17.8 Å². The molecule has 1 N–H and O–H groups in total. The number of anilines is 1. The van der Waals surface area contributed by atoms with Gasteiger partial charge >= 0.3 is 6.18 Å². The van der Waals surface area contributed by atoms with Crippen molar-refractivity contribution in [3.63, 3.8) is 0 Å². The number of rotatable bonds is 5. The van der Waals surface area contributed by atoms with Crippen molar-refractivity contribution in [2.75, 3.05) is 18.5 Å². The van der Waals surface area contributed by atoms with Crippen molar-refractivity contribution in [1.29, 1.82) is 0 Å². The first-order valence-corrected chi connectivity index (χ1v) is 7.37. The summed E-state index contributed by atoms with van der Waals surface area (Å²) in [7, 11) is 0. The summed E-state index contributed by atoms with van der Waals surface area (Å²) in [5.74, 6) is -3.00. The van der Waals surface area contributed by atoms with Gasteiger partial charge < -0.3 is 10.1 Å². The van der Waals surface area contributed by atoms with Crippen LogP contribution in [0.4, 0.5) is 27.8 Å². The van der Waals surface area contributed by atoms with Gasteiger partial charge in [0.15, 0.2) is 11.6 Å². The number of aromatic nitrogens is 4. The Hall–Kier alpha value is -2.98. The Bertz CT molecular complexity index is 940. The summed E-state index contributed by atoms with van der Waals surface area (Å²) in [5.41, 5.74) is 0.437. The molecular formula is C15H12F5N5O. The van der Waals surface area contributed by atoms with E-state index in [1.807, 2.05) is 0 Å². The Morgan fingerprint density at radius 1 is 1.15 bits per heavy atom. The number of alkyl halides is 3. The van der Waals surface area contributed by atoms with Gasteiger partial charge in [-0.2, -0.15) is 22.7 Å². The molecule has 0 fully saturated rings. The van der Waals surface area contributed by atoms with E-state index in [0.717, 1.165) is 16.6 Å². The monoisotopic (exact) mass is 373 g/mol. The lowest BCUT2D eigenvalue weighted by Gasteiger charge is -2.10. The number of hydrogen-bond donors (Lipinski definition) is 1. The summed E-state index contributed by atoms with van der Waals surface area (Å²) < 4.78 is 70.6. The summed E-state index contributed by atoms with van der Waals surface area (Å²) >= 11 is 0. The van der Waals surface area contributed by atoms with Crippen LogP contribution in [0.2, 0.25) is 0 Å². The normalized spacial score (nSPS) is 11.8. The van der Waals surface area contributed by atoms with Crippen molar-refractivity contribution in [2.45, 2.75) is 13.1 Å². The molecule has 0 aliphatic carbocycles. The second kappa shape index (κ2) is 6.73. The number of hydrogen-bond acceptors (Lipinski definition) is 5. The highest BCUT2D eigenvalue weighted by molar-refractivity contribution is 5.45. The summed E-state index contributed by atoms with van der Waals surface area (Å²) in [4.78, 5) is 7.26. The molecule has 0 atom stereocenters. The Balaban J connectivity index is 1.71. The number of halogens is 5. The molecule has 0 amide bonds. The van der Waals surface area contributed by atoms with Crippen LogP contribution in [0.1, 0.15) is 11.5 Å². The highest BCUT2D eigenvalue weighted by Gasteiger charge is 2.36. The number of aryl methyl sites for hydroxylation is 1. The molecule has 0 radical (unpaired) electrons. The zero-order chi connectivity index (χ0) is 18.9. The third-order valence-corrected chi connectivity index (χ3v) is 3.25. The van der Waals surface area contributed by atoms with E-state index in [2.05, 4.69) is 20.4 Å². The lowest BCUT2D eigenvalue weighted by atomic mass is 10.3. The predicted molar refractivity (Wildman–Crippen MR) is 80.9 cm³/mol. The minimum atomic E-state index is -4.69. The molecule has 0 spiro atoms. The van der Waals surface area contributed by atoms with Crippen LogP contribution in [0.25, 0.3) is 5.78 Å². The maximum atomic E-state index is 13.5. The second-order valence-electron chi connectivity index (χ2n) is 5.28. The first-order chi connectivity index (χ1) is 12.2. The van der Waals surface area contributed by atoms with Crippen molar-refractivity contribution in [2.24, 2.45) is 0 Å². The van der Waals surface area contributed by atoms with Gasteiger partial charge in [0.05, 0.1) is 6.54 Å². The first kappa shape index (κ1) is 17.8. The molecule has 11 heteroatoms. The molecule has 0 aliphatic rings. The topological polar surface area (TPSA) is 64.3 Å². The maximum Gasteiger partial charge on any atom is 0.453 e. The van der Waals surface area contributed by atoms with Gasteiger partial charge in [-0.1, -0.05) is 0 Å². The SMILES string of the molecule is Cc1cc(NCCOc2ccc(F)cc2F)n2nc(C(F)(F)F)nc2n1. The molecule has 3 aromatic rings. The number of ether oxygens (including phenoxy) is 1. The van der Waals surface area contributed by atoms with Crippen molar-refractivity contribution >= 4 is 11.6 Å². The van der Waals surface area contributed by atoms with Gasteiger partial charge in [-0.3, -0.25) is 0 Å². The van der Waals surface area contributed by atoms with Crippen LogP contribution in [0, 0.1) is 18.6 Å². The molecule has 0 aliphatic heterocycles. The number of fused-ring (bicyclic) bond motifs is 1. The fourth-order valence-electron chi connectivity index (χ4n) is 2.17. The largest absolute Gasteiger partial charge is 0.489 e. The Morgan fingerprint density at radius 2 is 1.92 bits per heavy atom. The second-order valence-corrected chi connectivity index (χ2v) is 5.28. The summed E-state index contributed by atoms with van der Waals surface area (Å²) in [6.07, 6.45) is -4.69. The molecule has 0 bridgehead atoms. The van der Waals surface area contributed by atoms with Gasteiger partial charge in [-0.25, -0.2) is 13.8 Å². The van der Waals surface area contributed by atoms with E-state index in [0.29, 0.717) is 11.8 Å². The highest BCUT2D eigenvalue weighted by atomic mass is 19.4. The third kappa shape index (κ3) is 3.81. The first-order valence-electron chi connectivity index (χ1n) is 7.37. The average molecular weight is 373 g/mol. The van der Waals surface area contributed by atoms with Gasteiger partial charge in [0.2, 0.25) is 0 Å². The minimum absolute atomic E-state index is 0.0216. The molecule has 0 saturated carbocycles.